The zero-order valence-corrected chi connectivity index (χ0v) is 15.3. The minimum absolute atomic E-state index is 0.169. The molecule has 0 aliphatic rings. The fourth-order valence-corrected chi connectivity index (χ4v) is 2.52. The van der Waals surface area contributed by atoms with Gasteiger partial charge in [0, 0.05) is 23.8 Å². The van der Waals surface area contributed by atoms with Crippen LogP contribution in [0.5, 0.6) is 0 Å². The molecule has 2 rings (SSSR count). The standard InChI is InChI=1S/C17H16Cl2N2O4/c1-9(22)11-6-15(21(3)8-11)17(24)25-10(2)16(23)20-14-5-4-12(18)7-13(14)19/h4-8,10H,1-3H3,(H,20,23)/t10-/m1/s1. The van der Waals surface area contributed by atoms with Gasteiger partial charge in [-0.1, -0.05) is 23.2 Å². The summed E-state index contributed by atoms with van der Waals surface area (Å²) in [6.07, 6.45) is 0.465. The monoisotopic (exact) mass is 382 g/mol. The number of hydrogen-bond donors (Lipinski definition) is 1. The summed E-state index contributed by atoms with van der Waals surface area (Å²) in [6, 6.07) is 6.04. The van der Waals surface area contributed by atoms with E-state index in [9.17, 15) is 14.4 Å². The maximum absolute atomic E-state index is 12.2. The van der Waals surface area contributed by atoms with Gasteiger partial charge >= 0.3 is 5.97 Å². The van der Waals surface area contributed by atoms with Gasteiger partial charge in [-0.3, -0.25) is 9.59 Å². The van der Waals surface area contributed by atoms with Crippen molar-refractivity contribution in [3.8, 4) is 0 Å². The summed E-state index contributed by atoms with van der Waals surface area (Å²) in [5.41, 5.74) is 0.922. The Morgan fingerprint density at radius 3 is 2.44 bits per heavy atom. The van der Waals surface area contributed by atoms with Gasteiger partial charge in [-0.25, -0.2) is 4.79 Å². The first-order valence-electron chi connectivity index (χ1n) is 7.33. The second-order valence-electron chi connectivity index (χ2n) is 5.44. The summed E-state index contributed by atoms with van der Waals surface area (Å²) in [5, 5.41) is 3.27. The number of amides is 1. The molecule has 6 nitrogen and oxygen atoms in total. The van der Waals surface area contributed by atoms with Gasteiger partial charge in [-0.15, -0.1) is 0 Å². The van der Waals surface area contributed by atoms with Crippen LogP contribution in [0.25, 0.3) is 0 Å². The van der Waals surface area contributed by atoms with Gasteiger partial charge in [0.15, 0.2) is 11.9 Å². The number of rotatable bonds is 5. The number of esters is 1. The van der Waals surface area contributed by atoms with Gasteiger partial charge in [-0.05, 0) is 38.1 Å². The Labute approximate surface area is 154 Å². The maximum Gasteiger partial charge on any atom is 0.355 e. The first-order valence-corrected chi connectivity index (χ1v) is 8.09. The number of ether oxygens (including phenoxy) is 1. The number of halogens is 2. The largest absolute Gasteiger partial charge is 0.448 e. The molecule has 0 saturated heterocycles. The molecule has 0 saturated carbocycles. The Bertz CT molecular complexity index is 845. The lowest BCUT2D eigenvalue weighted by molar-refractivity contribution is -0.123. The van der Waals surface area contributed by atoms with E-state index in [-0.39, 0.29) is 16.5 Å². The number of benzene rings is 1. The number of carbonyl (C=O) groups is 3. The Morgan fingerprint density at radius 1 is 1.20 bits per heavy atom. The third kappa shape index (κ3) is 4.61. The molecule has 0 radical (unpaired) electrons. The van der Waals surface area contributed by atoms with Crippen molar-refractivity contribution in [2.75, 3.05) is 5.32 Å². The molecular formula is C17H16Cl2N2O4. The molecule has 1 heterocycles. The molecule has 1 aromatic heterocycles. The van der Waals surface area contributed by atoms with Gasteiger partial charge in [0.05, 0.1) is 10.7 Å². The van der Waals surface area contributed by atoms with Crippen LogP contribution in [0.3, 0.4) is 0 Å². The van der Waals surface area contributed by atoms with E-state index in [2.05, 4.69) is 5.32 Å². The van der Waals surface area contributed by atoms with Crippen LogP contribution in [0.15, 0.2) is 30.5 Å². The Morgan fingerprint density at radius 2 is 1.88 bits per heavy atom. The molecule has 8 heteroatoms. The van der Waals surface area contributed by atoms with Crippen LogP contribution in [-0.4, -0.2) is 28.3 Å². The zero-order chi connectivity index (χ0) is 18.7. The highest BCUT2D eigenvalue weighted by Gasteiger charge is 2.22. The number of aryl methyl sites for hydroxylation is 1. The van der Waals surface area contributed by atoms with Gasteiger partial charge < -0.3 is 14.6 Å². The van der Waals surface area contributed by atoms with E-state index in [1.165, 1.54) is 36.7 Å². The van der Waals surface area contributed by atoms with E-state index >= 15 is 0 Å². The highest BCUT2D eigenvalue weighted by Crippen LogP contribution is 2.25. The van der Waals surface area contributed by atoms with Crippen molar-refractivity contribution >= 4 is 46.5 Å². The first kappa shape index (κ1) is 19.0. The van der Waals surface area contributed by atoms with Crippen LogP contribution in [0.1, 0.15) is 34.7 Å². The third-order valence-electron chi connectivity index (χ3n) is 3.46. The highest BCUT2D eigenvalue weighted by molar-refractivity contribution is 6.36. The third-order valence-corrected chi connectivity index (χ3v) is 4.01. The second-order valence-corrected chi connectivity index (χ2v) is 6.29. The van der Waals surface area contributed by atoms with Crippen molar-refractivity contribution in [2.24, 2.45) is 7.05 Å². The molecule has 0 unspecified atom stereocenters. The Kier molecular flexibility index (Phi) is 5.87. The lowest BCUT2D eigenvalue weighted by Crippen LogP contribution is -2.30. The van der Waals surface area contributed by atoms with Crippen LogP contribution >= 0.6 is 23.2 Å². The van der Waals surface area contributed by atoms with Crippen molar-refractivity contribution in [3.05, 3.63) is 51.8 Å². The zero-order valence-electron chi connectivity index (χ0n) is 13.8. The van der Waals surface area contributed by atoms with Gasteiger partial charge in [0.1, 0.15) is 5.69 Å². The summed E-state index contributed by atoms with van der Waals surface area (Å²) in [6.45, 7) is 2.84. The highest BCUT2D eigenvalue weighted by atomic mass is 35.5. The van der Waals surface area contributed by atoms with Crippen molar-refractivity contribution in [2.45, 2.75) is 20.0 Å². The summed E-state index contributed by atoms with van der Waals surface area (Å²) >= 11 is 11.8. The molecule has 2 aromatic rings. The molecule has 1 amide bonds. The van der Waals surface area contributed by atoms with Crippen LogP contribution < -0.4 is 5.32 Å². The van der Waals surface area contributed by atoms with Gasteiger partial charge in [-0.2, -0.15) is 0 Å². The molecule has 0 aliphatic heterocycles. The molecule has 1 N–H and O–H groups in total. The normalized spacial score (nSPS) is 11.7. The molecule has 1 aromatic carbocycles. The number of anilines is 1. The molecule has 1 atom stereocenters. The van der Waals surface area contributed by atoms with E-state index in [0.29, 0.717) is 16.3 Å². The molecule has 0 aliphatic carbocycles. The smallest absolute Gasteiger partial charge is 0.355 e. The molecule has 132 valence electrons. The van der Waals surface area contributed by atoms with Crippen molar-refractivity contribution < 1.29 is 19.1 Å². The molecule has 0 fully saturated rings. The van der Waals surface area contributed by atoms with Crippen LogP contribution in [0.2, 0.25) is 10.0 Å². The van der Waals surface area contributed by atoms with Gasteiger partial charge in [0.2, 0.25) is 0 Å². The van der Waals surface area contributed by atoms with Crippen LogP contribution in [-0.2, 0) is 16.6 Å². The maximum atomic E-state index is 12.2. The number of nitrogens with one attached hydrogen (secondary N) is 1. The second kappa shape index (κ2) is 7.72. The topological polar surface area (TPSA) is 77.4 Å². The Hall–Kier alpha value is -2.31. The lowest BCUT2D eigenvalue weighted by atomic mass is 10.2. The van der Waals surface area contributed by atoms with E-state index in [1.54, 1.807) is 19.2 Å². The van der Waals surface area contributed by atoms with E-state index in [0.717, 1.165) is 0 Å². The number of aromatic nitrogens is 1. The number of carbonyl (C=O) groups excluding carboxylic acids is 3. The number of hydrogen-bond acceptors (Lipinski definition) is 4. The van der Waals surface area contributed by atoms with Crippen LogP contribution in [0, 0.1) is 0 Å². The fraction of sp³-hybridized carbons (Fsp3) is 0.235. The number of nitrogens with zero attached hydrogens (tertiary/aromatic N) is 1. The number of Topliss-reactive ketones (excluding diaryl/α,β-unsaturated/α-hetero) is 1. The predicted molar refractivity (Wildman–Crippen MR) is 95.4 cm³/mol. The minimum atomic E-state index is -1.06. The average molecular weight is 383 g/mol. The van der Waals surface area contributed by atoms with Crippen molar-refractivity contribution in [1.29, 1.82) is 0 Å². The molecule has 0 bridgehead atoms. The van der Waals surface area contributed by atoms with Crippen molar-refractivity contribution in [3.63, 3.8) is 0 Å². The first-order chi connectivity index (χ1) is 11.7. The summed E-state index contributed by atoms with van der Waals surface area (Å²) < 4.78 is 6.63. The quantitative estimate of drug-likeness (QED) is 0.631. The Balaban J connectivity index is 2.05. The van der Waals surface area contributed by atoms with Crippen molar-refractivity contribution in [1.82, 2.24) is 4.57 Å². The SMILES string of the molecule is CC(=O)c1cc(C(=O)O[C@H](C)C(=O)Nc2ccc(Cl)cc2Cl)n(C)c1. The summed E-state index contributed by atoms with van der Waals surface area (Å²) in [7, 11) is 1.61. The molecule has 0 spiro atoms. The fourth-order valence-electron chi connectivity index (χ4n) is 2.06. The summed E-state index contributed by atoms with van der Waals surface area (Å²) in [4.78, 5) is 35.7. The van der Waals surface area contributed by atoms with E-state index < -0.39 is 18.0 Å². The minimum Gasteiger partial charge on any atom is -0.448 e. The average Bonchev–Trinajstić information content (AvgIpc) is 2.92. The molecule has 25 heavy (non-hydrogen) atoms. The predicted octanol–water partition coefficient (Wildman–Crippen LogP) is 3.72. The van der Waals surface area contributed by atoms with E-state index in [1.807, 2.05) is 0 Å². The lowest BCUT2D eigenvalue weighted by Gasteiger charge is -2.14. The summed E-state index contributed by atoms with van der Waals surface area (Å²) in [5.74, 6) is -1.42. The number of ketones is 1. The van der Waals surface area contributed by atoms with E-state index in [4.69, 9.17) is 27.9 Å². The van der Waals surface area contributed by atoms with Crippen LogP contribution in [0.4, 0.5) is 5.69 Å². The molecular weight excluding hydrogens is 367 g/mol. The van der Waals surface area contributed by atoms with Gasteiger partial charge in [0.25, 0.3) is 5.91 Å².